The third-order valence-corrected chi connectivity index (χ3v) is 2.92. The molecule has 2 rings (SSSR count). The van der Waals surface area contributed by atoms with E-state index in [4.69, 9.17) is 9.84 Å². The SMILES string of the molecule is CC(C)(C)OC(=O)NC1CN(c2ccc(CO)cn2)C1. The molecule has 0 aromatic carbocycles. The maximum Gasteiger partial charge on any atom is 0.407 e. The summed E-state index contributed by atoms with van der Waals surface area (Å²) < 4.78 is 5.20. The topological polar surface area (TPSA) is 74.7 Å². The lowest BCUT2D eigenvalue weighted by Crippen LogP contribution is -2.60. The van der Waals surface area contributed by atoms with E-state index < -0.39 is 5.60 Å². The van der Waals surface area contributed by atoms with Gasteiger partial charge in [0, 0.05) is 19.3 Å². The number of pyridine rings is 1. The second kappa shape index (κ2) is 5.66. The summed E-state index contributed by atoms with van der Waals surface area (Å²) in [5, 5.41) is 11.8. The number of ether oxygens (including phenoxy) is 1. The molecule has 1 fully saturated rings. The molecule has 1 aromatic rings. The van der Waals surface area contributed by atoms with E-state index in [0.29, 0.717) is 13.1 Å². The van der Waals surface area contributed by atoms with Gasteiger partial charge in [0.1, 0.15) is 11.4 Å². The van der Waals surface area contributed by atoms with Gasteiger partial charge in [-0.05, 0) is 32.4 Å². The van der Waals surface area contributed by atoms with Gasteiger partial charge in [-0.25, -0.2) is 9.78 Å². The quantitative estimate of drug-likeness (QED) is 0.872. The number of hydrogen-bond donors (Lipinski definition) is 2. The van der Waals surface area contributed by atoms with E-state index in [1.165, 1.54) is 0 Å². The second-order valence-corrected chi connectivity index (χ2v) is 5.93. The number of aromatic nitrogens is 1. The number of amides is 1. The van der Waals surface area contributed by atoms with Crippen LogP contribution in [0, 0.1) is 0 Å². The molecule has 0 aliphatic carbocycles. The van der Waals surface area contributed by atoms with Crippen LogP contribution in [0.25, 0.3) is 0 Å². The molecule has 2 N–H and O–H groups in total. The van der Waals surface area contributed by atoms with Crippen LogP contribution in [0.3, 0.4) is 0 Å². The van der Waals surface area contributed by atoms with E-state index >= 15 is 0 Å². The van der Waals surface area contributed by atoms with Crippen LogP contribution >= 0.6 is 0 Å². The van der Waals surface area contributed by atoms with Crippen molar-refractivity contribution in [1.82, 2.24) is 10.3 Å². The van der Waals surface area contributed by atoms with Gasteiger partial charge in [0.2, 0.25) is 0 Å². The fourth-order valence-corrected chi connectivity index (χ4v) is 1.93. The third kappa shape index (κ3) is 3.84. The summed E-state index contributed by atoms with van der Waals surface area (Å²) >= 11 is 0. The molecule has 110 valence electrons. The molecule has 0 saturated carbocycles. The molecule has 1 aliphatic heterocycles. The van der Waals surface area contributed by atoms with E-state index in [-0.39, 0.29) is 18.7 Å². The highest BCUT2D eigenvalue weighted by atomic mass is 16.6. The number of aliphatic hydroxyl groups is 1. The molecule has 0 atom stereocenters. The second-order valence-electron chi connectivity index (χ2n) is 5.93. The molecule has 1 saturated heterocycles. The Balaban J connectivity index is 1.78. The molecule has 0 unspecified atom stereocenters. The van der Waals surface area contributed by atoms with Gasteiger partial charge in [-0.15, -0.1) is 0 Å². The molecular weight excluding hydrogens is 258 g/mol. The lowest BCUT2D eigenvalue weighted by molar-refractivity contribution is 0.0496. The summed E-state index contributed by atoms with van der Waals surface area (Å²) in [7, 11) is 0. The Bertz CT molecular complexity index is 462. The monoisotopic (exact) mass is 279 g/mol. The van der Waals surface area contributed by atoms with Crippen molar-refractivity contribution in [3.05, 3.63) is 23.9 Å². The molecule has 0 spiro atoms. The Hall–Kier alpha value is -1.82. The maximum absolute atomic E-state index is 11.6. The van der Waals surface area contributed by atoms with E-state index in [1.54, 1.807) is 6.20 Å². The zero-order valence-corrected chi connectivity index (χ0v) is 12.1. The first-order valence-corrected chi connectivity index (χ1v) is 6.67. The molecule has 1 aliphatic rings. The minimum atomic E-state index is -0.477. The fourth-order valence-electron chi connectivity index (χ4n) is 1.93. The van der Waals surface area contributed by atoms with Gasteiger partial charge < -0.3 is 20.1 Å². The lowest BCUT2D eigenvalue weighted by atomic mass is 10.1. The molecule has 2 heterocycles. The van der Waals surface area contributed by atoms with Crippen molar-refractivity contribution in [2.75, 3.05) is 18.0 Å². The Morgan fingerprint density at radius 1 is 1.50 bits per heavy atom. The van der Waals surface area contributed by atoms with Gasteiger partial charge in [-0.3, -0.25) is 0 Å². The number of nitrogens with zero attached hydrogens (tertiary/aromatic N) is 2. The Kier molecular flexibility index (Phi) is 4.13. The van der Waals surface area contributed by atoms with Crippen LogP contribution in [0.2, 0.25) is 0 Å². The van der Waals surface area contributed by atoms with Gasteiger partial charge >= 0.3 is 6.09 Å². The smallest absolute Gasteiger partial charge is 0.407 e. The highest BCUT2D eigenvalue weighted by molar-refractivity contribution is 5.68. The van der Waals surface area contributed by atoms with E-state index in [0.717, 1.165) is 11.4 Å². The molecule has 1 aromatic heterocycles. The van der Waals surface area contributed by atoms with Crippen molar-refractivity contribution in [1.29, 1.82) is 0 Å². The predicted octanol–water partition coefficient (Wildman–Crippen LogP) is 1.29. The van der Waals surface area contributed by atoms with Gasteiger partial charge in [-0.1, -0.05) is 6.07 Å². The Morgan fingerprint density at radius 2 is 2.20 bits per heavy atom. The van der Waals surface area contributed by atoms with Gasteiger partial charge in [-0.2, -0.15) is 0 Å². The molecule has 1 amide bonds. The largest absolute Gasteiger partial charge is 0.444 e. The summed E-state index contributed by atoms with van der Waals surface area (Å²) in [5.74, 6) is 0.851. The van der Waals surface area contributed by atoms with Crippen molar-refractivity contribution in [3.63, 3.8) is 0 Å². The van der Waals surface area contributed by atoms with Crippen LogP contribution in [0.1, 0.15) is 26.3 Å². The number of hydrogen-bond acceptors (Lipinski definition) is 5. The van der Waals surface area contributed by atoms with Gasteiger partial charge in [0.05, 0.1) is 12.6 Å². The molecule has 20 heavy (non-hydrogen) atoms. The van der Waals surface area contributed by atoms with Crippen LogP contribution in [0.15, 0.2) is 18.3 Å². The zero-order chi connectivity index (χ0) is 14.8. The maximum atomic E-state index is 11.6. The van der Waals surface area contributed by atoms with E-state index in [1.807, 2.05) is 32.9 Å². The number of rotatable bonds is 3. The van der Waals surface area contributed by atoms with Crippen molar-refractivity contribution in [3.8, 4) is 0 Å². The Labute approximate surface area is 118 Å². The molecule has 0 radical (unpaired) electrons. The molecule has 6 heteroatoms. The first kappa shape index (κ1) is 14.6. The fraction of sp³-hybridized carbons (Fsp3) is 0.571. The number of alkyl carbamates (subject to hydrolysis) is 1. The number of carbonyl (C=O) groups excluding carboxylic acids is 1. The summed E-state index contributed by atoms with van der Waals surface area (Å²) in [6, 6.07) is 3.80. The van der Waals surface area contributed by atoms with E-state index in [2.05, 4.69) is 15.2 Å². The van der Waals surface area contributed by atoms with Gasteiger partial charge in [0.15, 0.2) is 0 Å². The highest BCUT2D eigenvalue weighted by Crippen LogP contribution is 2.19. The van der Waals surface area contributed by atoms with Crippen molar-refractivity contribution < 1.29 is 14.6 Å². The summed E-state index contributed by atoms with van der Waals surface area (Å²) in [6.45, 7) is 6.94. The van der Waals surface area contributed by atoms with E-state index in [9.17, 15) is 4.79 Å². The van der Waals surface area contributed by atoms with Crippen molar-refractivity contribution in [2.45, 2.75) is 39.0 Å². The molecule has 0 bridgehead atoms. The first-order valence-electron chi connectivity index (χ1n) is 6.67. The lowest BCUT2D eigenvalue weighted by Gasteiger charge is -2.40. The summed E-state index contributed by atoms with van der Waals surface area (Å²) in [4.78, 5) is 17.9. The average molecular weight is 279 g/mol. The van der Waals surface area contributed by atoms with Crippen LogP contribution in [0.5, 0.6) is 0 Å². The molecule has 6 nitrogen and oxygen atoms in total. The first-order chi connectivity index (χ1) is 9.37. The Morgan fingerprint density at radius 3 is 2.70 bits per heavy atom. The highest BCUT2D eigenvalue weighted by Gasteiger charge is 2.30. The third-order valence-electron chi connectivity index (χ3n) is 2.92. The van der Waals surface area contributed by atoms with Crippen LogP contribution in [-0.2, 0) is 11.3 Å². The van der Waals surface area contributed by atoms with Crippen LogP contribution in [0.4, 0.5) is 10.6 Å². The number of nitrogens with one attached hydrogen (secondary N) is 1. The van der Waals surface area contributed by atoms with Crippen LogP contribution in [-0.4, -0.2) is 40.9 Å². The number of anilines is 1. The number of aliphatic hydroxyl groups excluding tert-OH is 1. The average Bonchev–Trinajstić information content (AvgIpc) is 2.31. The number of carbonyl (C=O) groups is 1. The summed E-state index contributed by atoms with van der Waals surface area (Å²) in [5.41, 5.74) is 0.313. The van der Waals surface area contributed by atoms with Crippen molar-refractivity contribution >= 4 is 11.9 Å². The van der Waals surface area contributed by atoms with Crippen LogP contribution < -0.4 is 10.2 Å². The zero-order valence-electron chi connectivity index (χ0n) is 12.1. The normalized spacial score (nSPS) is 15.7. The summed E-state index contributed by atoms with van der Waals surface area (Å²) in [6.07, 6.45) is 1.27. The van der Waals surface area contributed by atoms with Crippen molar-refractivity contribution in [2.24, 2.45) is 0 Å². The molecular formula is C14H21N3O3. The standard InChI is InChI=1S/C14H21N3O3/c1-14(2,3)20-13(19)16-11-7-17(8-11)12-5-4-10(9-18)6-15-12/h4-6,11,18H,7-9H2,1-3H3,(H,16,19). The predicted molar refractivity (Wildman–Crippen MR) is 75.5 cm³/mol. The minimum absolute atomic E-state index is 0.00386. The minimum Gasteiger partial charge on any atom is -0.444 e. The van der Waals surface area contributed by atoms with Gasteiger partial charge in [0.25, 0.3) is 0 Å².